The number of sulfonamides is 1. The van der Waals surface area contributed by atoms with Gasteiger partial charge in [-0.05, 0) is 48.0 Å². The molecule has 1 heterocycles. The Bertz CT molecular complexity index is 1410. The molecule has 0 aliphatic rings. The van der Waals surface area contributed by atoms with Crippen LogP contribution in [-0.2, 0) is 26.2 Å². The molecule has 0 bridgehead atoms. The first-order valence-electron chi connectivity index (χ1n) is 10.4. The normalized spacial score (nSPS) is 11.3. The fraction of sp³-hybridized carbons (Fsp3) is 0.0800. The second-order valence-electron chi connectivity index (χ2n) is 7.22. The molecule has 1 aromatic heterocycles. The van der Waals surface area contributed by atoms with Crippen molar-refractivity contribution >= 4 is 27.8 Å². The molecule has 9 nitrogen and oxygen atoms in total. The van der Waals surface area contributed by atoms with Gasteiger partial charge in [0.05, 0.1) is 12.0 Å². The molecule has 10 heteroatoms. The number of benzene rings is 3. The molecular formula is C25H21N3O6S. The molecule has 0 saturated carbocycles. The standard InChI is InChI=1S/C25H21N3O6S/c1-32-21-12-10-20(11-13-21)28-35(30,31)22-14-7-18(8-15-22)9-16-24(29)33-17-23-26-25(27-34-23)19-5-3-2-4-6-19/h2-16,28H,17H2,1H3/b16-9+. The topological polar surface area (TPSA) is 121 Å². The highest BCUT2D eigenvalue weighted by Crippen LogP contribution is 2.20. The molecule has 0 unspecified atom stereocenters. The van der Waals surface area contributed by atoms with Crippen LogP contribution in [-0.4, -0.2) is 31.6 Å². The van der Waals surface area contributed by atoms with Crippen LogP contribution in [0.3, 0.4) is 0 Å². The minimum Gasteiger partial charge on any atom is -0.497 e. The van der Waals surface area contributed by atoms with Gasteiger partial charge in [-0.25, -0.2) is 13.2 Å². The van der Waals surface area contributed by atoms with Crippen molar-refractivity contribution in [3.05, 3.63) is 96.4 Å². The fourth-order valence-corrected chi connectivity index (χ4v) is 4.05. The highest BCUT2D eigenvalue weighted by molar-refractivity contribution is 7.92. The monoisotopic (exact) mass is 491 g/mol. The molecule has 0 fully saturated rings. The Morgan fingerprint density at radius 2 is 1.71 bits per heavy atom. The summed E-state index contributed by atoms with van der Waals surface area (Å²) in [6.45, 7) is -0.169. The molecule has 1 N–H and O–H groups in total. The molecule has 0 amide bonds. The summed E-state index contributed by atoms with van der Waals surface area (Å²) in [5.74, 6) is 0.590. The molecule has 0 spiro atoms. The maximum Gasteiger partial charge on any atom is 0.331 e. The van der Waals surface area contributed by atoms with Crippen molar-refractivity contribution in [1.82, 2.24) is 10.1 Å². The van der Waals surface area contributed by atoms with E-state index in [0.717, 1.165) is 5.56 Å². The fourth-order valence-electron chi connectivity index (χ4n) is 2.99. The summed E-state index contributed by atoms with van der Waals surface area (Å²) in [4.78, 5) is 16.3. The Kier molecular flexibility index (Phi) is 7.22. The van der Waals surface area contributed by atoms with E-state index in [1.165, 1.54) is 31.4 Å². The van der Waals surface area contributed by atoms with Crippen LogP contribution in [0.2, 0.25) is 0 Å². The largest absolute Gasteiger partial charge is 0.497 e. The van der Waals surface area contributed by atoms with E-state index >= 15 is 0 Å². The number of anilines is 1. The third kappa shape index (κ3) is 6.33. The molecule has 0 aliphatic carbocycles. The SMILES string of the molecule is COc1ccc(NS(=O)(=O)c2ccc(/C=C/C(=O)OCc3nc(-c4ccccc4)no3)cc2)cc1. The minimum absolute atomic E-state index is 0.0821. The Balaban J connectivity index is 1.31. The smallest absolute Gasteiger partial charge is 0.331 e. The third-order valence-corrected chi connectivity index (χ3v) is 6.18. The molecular weight excluding hydrogens is 470 g/mol. The average Bonchev–Trinajstić information content (AvgIpc) is 3.36. The number of rotatable bonds is 9. The number of aromatic nitrogens is 2. The summed E-state index contributed by atoms with van der Waals surface area (Å²) in [6, 6.07) is 21.9. The molecule has 0 radical (unpaired) electrons. The summed E-state index contributed by atoms with van der Waals surface area (Å²) in [5, 5.41) is 3.86. The van der Waals surface area contributed by atoms with Crippen LogP contribution in [0.1, 0.15) is 11.5 Å². The van der Waals surface area contributed by atoms with Crippen molar-refractivity contribution < 1.29 is 27.2 Å². The van der Waals surface area contributed by atoms with E-state index in [2.05, 4.69) is 14.9 Å². The third-order valence-electron chi connectivity index (χ3n) is 4.78. The second-order valence-corrected chi connectivity index (χ2v) is 8.90. The van der Waals surface area contributed by atoms with Gasteiger partial charge in [0.1, 0.15) is 5.75 Å². The Labute approximate surface area is 202 Å². The lowest BCUT2D eigenvalue weighted by atomic mass is 10.2. The number of carbonyl (C=O) groups is 1. The summed E-state index contributed by atoms with van der Waals surface area (Å²) in [7, 11) is -2.24. The second kappa shape index (κ2) is 10.7. The zero-order valence-corrected chi connectivity index (χ0v) is 19.4. The van der Waals surface area contributed by atoms with E-state index in [0.29, 0.717) is 22.8 Å². The van der Waals surface area contributed by atoms with Crippen LogP contribution in [0.5, 0.6) is 5.75 Å². The Hall–Kier alpha value is -4.44. The first-order valence-corrected chi connectivity index (χ1v) is 11.9. The van der Waals surface area contributed by atoms with Gasteiger partial charge in [-0.3, -0.25) is 4.72 Å². The molecule has 4 aromatic rings. The van der Waals surface area contributed by atoms with E-state index in [9.17, 15) is 13.2 Å². The zero-order valence-electron chi connectivity index (χ0n) is 18.6. The highest BCUT2D eigenvalue weighted by Gasteiger charge is 2.14. The van der Waals surface area contributed by atoms with Crippen LogP contribution < -0.4 is 9.46 Å². The van der Waals surface area contributed by atoms with Crippen LogP contribution >= 0.6 is 0 Å². The molecule has 178 valence electrons. The van der Waals surface area contributed by atoms with Gasteiger partial charge in [0.15, 0.2) is 6.61 Å². The number of hydrogen-bond donors (Lipinski definition) is 1. The van der Waals surface area contributed by atoms with E-state index in [1.54, 1.807) is 36.4 Å². The van der Waals surface area contributed by atoms with Crippen LogP contribution in [0.4, 0.5) is 5.69 Å². The van der Waals surface area contributed by atoms with Crippen molar-refractivity contribution in [3.63, 3.8) is 0 Å². The summed E-state index contributed by atoms with van der Waals surface area (Å²) >= 11 is 0. The highest BCUT2D eigenvalue weighted by atomic mass is 32.2. The van der Waals surface area contributed by atoms with Crippen LogP contribution in [0.15, 0.2) is 94.4 Å². The maximum absolute atomic E-state index is 12.6. The predicted octanol–water partition coefficient (Wildman–Crippen LogP) is 4.30. The molecule has 0 saturated heterocycles. The van der Waals surface area contributed by atoms with Crippen molar-refractivity contribution in [2.75, 3.05) is 11.8 Å². The van der Waals surface area contributed by atoms with Crippen LogP contribution in [0, 0.1) is 0 Å². The van der Waals surface area contributed by atoms with Gasteiger partial charge < -0.3 is 14.0 Å². The van der Waals surface area contributed by atoms with Gasteiger partial charge in [-0.15, -0.1) is 0 Å². The van der Waals surface area contributed by atoms with Gasteiger partial charge in [-0.1, -0.05) is 47.6 Å². The lowest BCUT2D eigenvalue weighted by molar-refractivity contribution is -0.139. The van der Waals surface area contributed by atoms with E-state index in [-0.39, 0.29) is 17.4 Å². The van der Waals surface area contributed by atoms with Gasteiger partial charge >= 0.3 is 5.97 Å². The van der Waals surface area contributed by atoms with Crippen LogP contribution in [0.25, 0.3) is 17.5 Å². The molecule has 0 atom stereocenters. The molecule has 0 aliphatic heterocycles. The number of methoxy groups -OCH3 is 1. The van der Waals surface area contributed by atoms with Crippen molar-refractivity contribution in [3.8, 4) is 17.1 Å². The van der Waals surface area contributed by atoms with E-state index in [1.807, 2.05) is 30.3 Å². The molecule has 4 rings (SSSR count). The quantitative estimate of drug-likeness (QED) is 0.272. The van der Waals surface area contributed by atoms with Gasteiger partial charge in [0.25, 0.3) is 15.9 Å². The van der Waals surface area contributed by atoms with E-state index in [4.69, 9.17) is 14.0 Å². The van der Waals surface area contributed by atoms with Crippen molar-refractivity contribution in [1.29, 1.82) is 0 Å². The summed E-state index contributed by atoms with van der Waals surface area (Å²) in [5.41, 5.74) is 1.82. The van der Waals surface area contributed by atoms with Crippen molar-refractivity contribution in [2.45, 2.75) is 11.5 Å². The first kappa shape index (κ1) is 23.7. The minimum atomic E-state index is -3.77. The number of carbonyl (C=O) groups excluding carboxylic acids is 1. The van der Waals surface area contributed by atoms with Gasteiger partial charge in [0, 0.05) is 17.3 Å². The number of hydrogen-bond acceptors (Lipinski definition) is 8. The molecule has 3 aromatic carbocycles. The zero-order chi connectivity index (χ0) is 24.7. The number of nitrogens with zero attached hydrogens (tertiary/aromatic N) is 2. The maximum atomic E-state index is 12.6. The number of nitrogens with one attached hydrogen (secondary N) is 1. The van der Waals surface area contributed by atoms with Gasteiger partial charge in [-0.2, -0.15) is 4.98 Å². The first-order chi connectivity index (χ1) is 16.9. The Morgan fingerprint density at radius 1 is 1.00 bits per heavy atom. The number of ether oxygens (including phenoxy) is 2. The van der Waals surface area contributed by atoms with E-state index < -0.39 is 16.0 Å². The summed E-state index contributed by atoms with van der Waals surface area (Å²) in [6.07, 6.45) is 2.74. The summed E-state index contributed by atoms with van der Waals surface area (Å²) < 4.78 is 43.0. The van der Waals surface area contributed by atoms with Crippen molar-refractivity contribution in [2.24, 2.45) is 0 Å². The van der Waals surface area contributed by atoms with Gasteiger partial charge in [0.2, 0.25) is 5.82 Å². The average molecular weight is 492 g/mol. The lowest BCUT2D eigenvalue weighted by Crippen LogP contribution is -2.12. The predicted molar refractivity (Wildman–Crippen MR) is 129 cm³/mol. The number of esters is 1. The molecule has 35 heavy (non-hydrogen) atoms. The Morgan fingerprint density at radius 3 is 2.40 bits per heavy atom. The lowest BCUT2D eigenvalue weighted by Gasteiger charge is -2.09.